The number of hydrogen-bond acceptors (Lipinski definition) is 3. The average molecular weight is 187 g/mol. The Bertz CT molecular complexity index is 276. The molecule has 1 rings (SSSR count). The van der Waals surface area contributed by atoms with Crippen LogP contribution in [-0.4, -0.2) is 17.1 Å². The highest BCUT2D eigenvalue weighted by Crippen LogP contribution is 2.18. The average Bonchev–Trinajstić information content (AvgIpc) is 2.03. The summed E-state index contributed by atoms with van der Waals surface area (Å²) < 4.78 is 4.98. The molecule has 66 valence electrons. The second-order valence-corrected chi connectivity index (χ2v) is 3.18. The number of nitrogens with zero attached hydrogens (tertiary/aromatic N) is 2. The topological polar surface area (TPSA) is 35.0 Å². The Hall–Kier alpha value is -0.830. The fourth-order valence-electron chi connectivity index (χ4n) is 0.844. The summed E-state index contributed by atoms with van der Waals surface area (Å²) in [6.45, 7) is 3.71. The highest BCUT2D eigenvalue weighted by molar-refractivity contribution is 6.20. The molecule has 0 amide bonds. The van der Waals surface area contributed by atoms with Crippen LogP contribution in [-0.2, 0) is 0 Å². The summed E-state index contributed by atoms with van der Waals surface area (Å²) in [7, 11) is 1.57. The minimum Gasteiger partial charge on any atom is -0.481 e. The smallest absolute Gasteiger partial charge is 0.216 e. The van der Waals surface area contributed by atoms with Crippen molar-refractivity contribution in [2.45, 2.75) is 19.2 Å². The zero-order valence-corrected chi connectivity index (χ0v) is 8.09. The standard InChI is InChI=1S/C8H11ClN2O/c1-5-4-7(12-3)11-8(10-5)6(2)9/h4,6H,1-3H3. The molecule has 1 heterocycles. The number of methoxy groups -OCH3 is 1. The van der Waals surface area contributed by atoms with E-state index in [2.05, 4.69) is 9.97 Å². The summed E-state index contributed by atoms with van der Waals surface area (Å²) >= 11 is 5.82. The van der Waals surface area contributed by atoms with Crippen LogP contribution in [0.15, 0.2) is 6.07 Å². The first-order valence-electron chi connectivity index (χ1n) is 3.67. The first-order valence-corrected chi connectivity index (χ1v) is 4.10. The van der Waals surface area contributed by atoms with Gasteiger partial charge in [0.05, 0.1) is 12.5 Å². The molecular formula is C8H11ClN2O. The second kappa shape index (κ2) is 3.72. The fraction of sp³-hybridized carbons (Fsp3) is 0.500. The zero-order valence-electron chi connectivity index (χ0n) is 7.34. The van der Waals surface area contributed by atoms with Crippen LogP contribution in [0, 0.1) is 6.92 Å². The summed E-state index contributed by atoms with van der Waals surface area (Å²) in [6.07, 6.45) is 0. The van der Waals surface area contributed by atoms with Crippen molar-refractivity contribution in [3.8, 4) is 5.88 Å². The van der Waals surface area contributed by atoms with Gasteiger partial charge in [0, 0.05) is 11.8 Å². The maximum absolute atomic E-state index is 5.82. The van der Waals surface area contributed by atoms with Gasteiger partial charge in [0.15, 0.2) is 0 Å². The lowest BCUT2D eigenvalue weighted by atomic mass is 10.4. The third-order valence-corrected chi connectivity index (χ3v) is 1.61. The van der Waals surface area contributed by atoms with E-state index in [4.69, 9.17) is 16.3 Å². The molecule has 0 fully saturated rings. The molecule has 12 heavy (non-hydrogen) atoms. The molecule has 0 saturated carbocycles. The molecule has 1 aromatic rings. The lowest BCUT2D eigenvalue weighted by Crippen LogP contribution is -1.99. The minimum atomic E-state index is -0.182. The Labute approximate surface area is 76.7 Å². The maximum Gasteiger partial charge on any atom is 0.216 e. The molecule has 1 atom stereocenters. The number of halogens is 1. The molecule has 0 aromatic carbocycles. The quantitative estimate of drug-likeness (QED) is 0.664. The largest absolute Gasteiger partial charge is 0.481 e. The maximum atomic E-state index is 5.82. The predicted octanol–water partition coefficient (Wildman–Crippen LogP) is 2.09. The van der Waals surface area contributed by atoms with E-state index in [0.29, 0.717) is 11.7 Å². The van der Waals surface area contributed by atoms with E-state index in [-0.39, 0.29) is 5.38 Å². The summed E-state index contributed by atoms with van der Waals surface area (Å²) in [5, 5.41) is -0.182. The van der Waals surface area contributed by atoms with Gasteiger partial charge in [-0.1, -0.05) is 0 Å². The van der Waals surface area contributed by atoms with Crippen LogP contribution in [0.1, 0.15) is 23.8 Å². The lowest BCUT2D eigenvalue weighted by Gasteiger charge is -2.05. The number of alkyl halides is 1. The summed E-state index contributed by atoms with van der Waals surface area (Å²) in [4.78, 5) is 8.24. The summed E-state index contributed by atoms with van der Waals surface area (Å²) in [6, 6.07) is 1.77. The normalized spacial score (nSPS) is 12.7. The zero-order chi connectivity index (χ0) is 9.14. The molecule has 1 aromatic heterocycles. The van der Waals surface area contributed by atoms with Crippen molar-refractivity contribution in [1.29, 1.82) is 0 Å². The molecule has 0 bridgehead atoms. The number of hydrogen-bond donors (Lipinski definition) is 0. The highest BCUT2D eigenvalue weighted by Gasteiger charge is 2.07. The van der Waals surface area contributed by atoms with Crippen molar-refractivity contribution < 1.29 is 4.74 Å². The van der Waals surface area contributed by atoms with Crippen molar-refractivity contribution >= 4 is 11.6 Å². The van der Waals surface area contributed by atoms with E-state index >= 15 is 0 Å². The summed E-state index contributed by atoms with van der Waals surface area (Å²) in [5.74, 6) is 1.17. The van der Waals surface area contributed by atoms with Gasteiger partial charge >= 0.3 is 0 Å². The summed E-state index contributed by atoms with van der Waals surface area (Å²) in [5.41, 5.74) is 0.865. The van der Waals surface area contributed by atoms with Gasteiger partial charge in [-0.25, -0.2) is 4.98 Å². The molecule has 0 aliphatic rings. The van der Waals surface area contributed by atoms with Gasteiger partial charge in [0.2, 0.25) is 5.88 Å². The SMILES string of the molecule is COc1cc(C)nc(C(C)Cl)n1. The van der Waals surface area contributed by atoms with Gasteiger partial charge in [0.1, 0.15) is 5.82 Å². The van der Waals surface area contributed by atoms with Crippen molar-refractivity contribution in [2.75, 3.05) is 7.11 Å². The van der Waals surface area contributed by atoms with Crippen LogP contribution in [0.4, 0.5) is 0 Å². The van der Waals surface area contributed by atoms with Crippen LogP contribution in [0.2, 0.25) is 0 Å². The van der Waals surface area contributed by atoms with E-state index in [1.54, 1.807) is 13.2 Å². The van der Waals surface area contributed by atoms with Gasteiger partial charge in [0.25, 0.3) is 0 Å². The van der Waals surface area contributed by atoms with Gasteiger partial charge in [-0.2, -0.15) is 4.98 Å². The minimum absolute atomic E-state index is 0.182. The Morgan fingerprint density at radius 1 is 1.50 bits per heavy atom. The Kier molecular flexibility index (Phi) is 2.87. The highest BCUT2D eigenvalue weighted by atomic mass is 35.5. The van der Waals surface area contributed by atoms with Gasteiger partial charge in [-0.3, -0.25) is 0 Å². The van der Waals surface area contributed by atoms with Crippen molar-refractivity contribution in [3.05, 3.63) is 17.6 Å². The number of rotatable bonds is 2. The van der Waals surface area contributed by atoms with Crippen LogP contribution in [0.3, 0.4) is 0 Å². The van der Waals surface area contributed by atoms with Gasteiger partial charge in [-0.05, 0) is 13.8 Å². The molecular weight excluding hydrogens is 176 g/mol. The van der Waals surface area contributed by atoms with Crippen LogP contribution in [0.25, 0.3) is 0 Å². The van der Waals surface area contributed by atoms with Gasteiger partial charge < -0.3 is 4.74 Å². The van der Waals surface area contributed by atoms with E-state index in [9.17, 15) is 0 Å². The lowest BCUT2D eigenvalue weighted by molar-refractivity contribution is 0.394. The van der Waals surface area contributed by atoms with Crippen LogP contribution in [0.5, 0.6) is 5.88 Å². The predicted molar refractivity (Wildman–Crippen MR) is 47.6 cm³/mol. The Morgan fingerprint density at radius 2 is 2.17 bits per heavy atom. The molecule has 0 spiro atoms. The Balaban J connectivity index is 3.06. The number of aromatic nitrogens is 2. The number of ether oxygens (including phenoxy) is 1. The first-order chi connectivity index (χ1) is 5.63. The van der Waals surface area contributed by atoms with Crippen molar-refractivity contribution in [3.63, 3.8) is 0 Å². The molecule has 4 heteroatoms. The van der Waals surface area contributed by atoms with E-state index in [0.717, 1.165) is 5.69 Å². The van der Waals surface area contributed by atoms with Crippen LogP contribution < -0.4 is 4.74 Å². The fourth-order valence-corrected chi connectivity index (χ4v) is 0.942. The van der Waals surface area contributed by atoms with E-state index in [1.807, 2.05) is 13.8 Å². The van der Waals surface area contributed by atoms with Crippen molar-refractivity contribution in [2.24, 2.45) is 0 Å². The van der Waals surface area contributed by atoms with Crippen LogP contribution >= 0.6 is 11.6 Å². The van der Waals surface area contributed by atoms with E-state index in [1.165, 1.54) is 0 Å². The first kappa shape index (κ1) is 9.26. The molecule has 0 aliphatic heterocycles. The molecule has 0 radical (unpaired) electrons. The van der Waals surface area contributed by atoms with E-state index < -0.39 is 0 Å². The monoisotopic (exact) mass is 186 g/mol. The molecule has 1 unspecified atom stereocenters. The molecule has 0 N–H and O–H groups in total. The molecule has 0 aliphatic carbocycles. The number of aryl methyl sites for hydroxylation is 1. The molecule has 3 nitrogen and oxygen atoms in total. The van der Waals surface area contributed by atoms with Crippen molar-refractivity contribution in [1.82, 2.24) is 9.97 Å². The third-order valence-electron chi connectivity index (χ3n) is 1.41. The molecule has 0 saturated heterocycles. The second-order valence-electron chi connectivity index (χ2n) is 2.53. The Morgan fingerprint density at radius 3 is 2.67 bits per heavy atom. The third kappa shape index (κ3) is 2.08. The van der Waals surface area contributed by atoms with Gasteiger partial charge in [-0.15, -0.1) is 11.6 Å².